The minimum atomic E-state index is -4.62. The number of halogens is 3. The molecule has 0 aliphatic heterocycles. The molecule has 1 aliphatic carbocycles. The van der Waals surface area contributed by atoms with Crippen molar-refractivity contribution in [1.29, 1.82) is 0 Å². The molecule has 70 valence electrons. The summed E-state index contributed by atoms with van der Waals surface area (Å²) in [5.41, 5.74) is 0.826. The molecule has 13 heavy (non-hydrogen) atoms. The van der Waals surface area contributed by atoms with Crippen molar-refractivity contribution < 1.29 is 12.9 Å². The number of benzene rings is 1. The Hall–Kier alpha value is -0.925. The summed E-state index contributed by atoms with van der Waals surface area (Å²) in [6, 6.07) is 8.93. The molecule has 0 N–H and O–H groups in total. The normalized spacial score (nSPS) is 27.3. The second-order valence-electron chi connectivity index (χ2n) is 3.54. The molecule has 4 heteroatoms. The lowest BCUT2D eigenvalue weighted by Gasteiger charge is -2.12. The maximum absolute atomic E-state index is 12.2. The number of hydrogen-bond donors (Lipinski definition) is 0. The zero-order chi connectivity index (χ0) is 9.47. The fourth-order valence-corrected chi connectivity index (χ4v) is 1.72. The van der Waals surface area contributed by atoms with Gasteiger partial charge in [-0.1, -0.05) is 42.6 Å². The van der Waals surface area contributed by atoms with Crippen LogP contribution in [0.15, 0.2) is 30.3 Å². The molecule has 0 aromatic heterocycles. The van der Waals surface area contributed by atoms with Crippen molar-refractivity contribution in [3.05, 3.63) is 35.9 Å². The van der Waals surface area contributed by atoms with Crippen molar-refractivity contribution in [2.24, 2.45) is 0 Å². The van der Waals surface area contributed by atoms with Gasteiger partial charge in [-0.15, -0.1) is 0 Å². The first-order chi connectivity index (χ1) is 6.09. The van der Waals surface area contributed by atoms with E-state index in [1.54, 1.807) is 24.3 Å². The molecular weight excluding hydrogens is 176 g/mol. The molecule has 2 rings (SSSR count). The third kappa shape index (κ3) is 1.71. The predicted octanol–water partition coefficient (Wildman–Crippen LogP) is 3.39. The van der Waals surface area contributed by atoms with Crippen LogP contribution in [0.4, 0.5) is 12.9 Å². The predicted molar refractivity (Wildman–Crippen MR) is 46.6 cm³/mol. The molecule has 1 aromatic carbocycles. The largest absolute Gasteiger partial charge is 0.481 e. The molecule has 2 atom stereocenters. The number of rotatable bonds is 2. The van der Waals surface area contributed by atoms with E-state index in [-0.39, 0.29) is 12.3 Å². The van der Waals surface area contributed by atoms with Crippen LogP contribution in [0.25, 0.3) is 0 Å². The molecule has 1 aliphatic rings. The van der Waals surface area contributed by atoms with E-state index >= 15 is 0 Å². The summed E-state index contributed by atoms with van der Waals surface area (Å²) in [5, 5.41) is 0. The van der Waals surface area contributed by atoms with Gasteiger partial charge in [0, 0.05) is 0 Å². The molecule has 1 aromatic rings. The lowest BCUT2D eigenvalue weighted by atomic mass is 9.81. The second-order valence-corrected chi connectivity index (χ2v) is 3.54. The molecular formula is C9H9BF3-. The Labute approximate surface area is 74.8 Å². The molecule has 1 saturated carbocycles. The Morgan fingerprint density at radius 3 is 2.15 bits per heavy atom. The lowest BCUT2D eigenvalue weighted by Crippen LogP contribution is -2.15. The van der Waals surface area contributed by atoms with Gasteiger partial charge < -0.3 is 12.9 Å². The van der Waals surface area contributed by atoms with Crippen molar-refractivity contribution in [3.63, 3.8) is 0 Å². The van der Waals surface area contributed by atoms with E-state index in [9.17, 15) is 12.9 Å². The monoisotopic (exact) mass is 185 g/mol. The topological polar surface area (TPSA) is 0 Å². The maximum atomic E-state index is 12.2. The summed E-state index contributed by atoms with van der Waals surface area (Å²) in [5.74, 6) is -1.30. The Bertz CT molecular complexity index is 293. The first-order valence-electron chi connectivity index (χ1n) is 4.34. The summed E-state index contributed by atoms with van der Waals surface area (Å²) in [6.07, 6.45) is 0.285. The summed E-state index contributed by atoms with van der Waals surface area (Å²) in [6.45, 7) is -4.62. The second kappa shape index (κ2) is 2.79. The van der Waals surface area contributed by atoms with Crippen LogP contribution in [-0.2, 0) is 0 Å². The van der Waals surface area contributed by atoms with Crippen LogP contribution in [0, 0.1) is 0 Å². The van der Waals surface area contributed by atoms with E-state index in [4.69, 9.17) is 0 Å². The highest BCUT2D eigenvalue weighted by Crippen LogP contribution is 2.59. The SMILES string of the molecule is F[B-](F)(F)[C@H]1C[C@@H]1c1ccccc1. The molecule has 0 saturated heterocycles. The maximum Gasteiger partial charge on any atom is 0.481 e. The standard InChI is InChI=1S/C9H9BF3/c11-10(12,13)9-6-8(9)7-4-2-1-3-5-7/h1-5,8-9H,6H2/q-1/t8-,9+/m1/s1. The van der Waals surface area contributed by atoms with E-state index in [1.807, 2.05) is 6.07 Å². The van der Waals surface area contributed by atoms with Gasteiger partial charge in [0.15, 0.2) is 0 Å². The summed E-state index contributed by atoms with van der Waals surface area (Å²) >= 11 is 0. The lowest BCUT2D eigenvalue weighted by molar-refractivity contribution is 0.463. The van der Waals surface area contributed by atoms with Crippen molar-refractivity contribution in [3.8, 4) is 0 Å². The third-order valence-corrected chi connectivity index (χ3v) is 2.55. The Morgan fingerprint density at radius 1 is 1.08 bits per heavy atom. The molecule has 1 fully saturated rings. The van der Waals surface area contributed by atoms with Gasteiger partial charge in [0.2, 0.25) is 0 Å². The van der Waals surface area contributed by atoms with Crippen molar-refractivity contribution in [2.45, 2.75) is 18.2 Å². The van der Waals surface area contributed by atoms with Crippen molar-refractivity contribution in [2.75, 3.05) is 0 Å². The Kier molecular flexibility index (Phi) is 1.86. The zero-order valence-electron chi connectivity index (χ0n) is 6.96. The fourth-order valence-electron chi connectivity index (χ4n) is 1.72. The quantitative estimate of drug-likeness (QED) is 0.619. The van der Waals surface area contributed by atoms with E-state index in [0.717, 1.165) is 5.56 Å². The summed E-state index contributed by atoms with van der Waals surface area (Å²) < 4.78 is 36.7. The molecule has 0 spiro atoms. The van der Waals surface area contributed by atoms with Gasteiger partial charge in [-0.3, -0.25) is 0 Å². The first kappa shape index (κ1) is 8.66. The van der Waals surface area contributed by atoms with Gasteiger partial charge in [0.1, 0.15) is 0 Å². The molecule has 0 nitrogen and oxygen atoms in total. The van der Waals surface area contributed by atoms with E-state index < -0.39 is 12.8 Å². The van der Waals surface area contributed by atoms with Crippen LogP contribution in [-0.4, -0.2) is 6.98 Å². The van der Waals surface area contributed by atoms with Gasteiger partial charge in [-0.25, -0.2) is 0 Å². The van der Waals surface area contributed by atoms with Gasteiger partial charge in [-0.2, -0.15) is 0 Å². The van der Waals surface area contributed by atoms with Crippen LogP contribution in [0.5, 0.6) is 0 Å². The minimum Gasteiger partial charge on any atom is -0.449 e. The van der Waals surface area contributed by atoms with Crippen LogP contribution < -0.4 is 0 Å². The Balaban J connectivity index is 2.09. The Morgan fingerprint density at radius 2 is 1.69 bits per heavy atom. The molecule has 0 radical (unpaired) electrons. The average Bonchev–Trinajstić information content (AvgIpc) is 2.83. The van der Waals surface area contributed by atoms with E-state index in [2.05, 4.69) is 0 Å². The van der Waals surface area contributed by atoms with Crippen molar-refractivity contribution in [1.82, 2.24) is 0 Å². The van der Waals surface area contributed by atoms with E-state index in [0.29, 0.717) is 0 Å². The molecule has 0 heterocycles. The smallest absolute Gasteiger partial charge is 0.449 e. The van der Waals surface area contributed by atoms with Crippen molar-refractivity contribution >= 4 is 6.98 Å². The van der Waals surface area contributed by atoms with Crippen LogP contribution >= 0.6 is 0 Å². The zero-order valence-corrected chi connectivity index (χ0v) is 6.96. The molecule has 0 unspecified atom stereocenters. The summed E-state index contributed by atoms with van der Waals surface area (Å²) in [4.78, 5) is 0. The highest BCUT2D eigenvalue weighted by molar-refractivity contribution is 6.61. The highest BCUT2D eigenvalue weighted by Gasteiger charge is 2.50. The fraction of sp³-hybridized carbons (Fsp3) is 0.333. The number of hydrogen-bond acceptors (Lipinski definition) is 0. The van der Waals surface area contributed by atoms with Gasteiger partial charge >= 0.3 is 6.98 Å². The average molecular weight is 185 g/mol. The van der Waals surface area contributed by atoms with Gasteiger partial charge in [-0.05, 0) is 11.5 Å². The van der Waals surface area contributed by atoms with Gasteiger partial charge in [0.25, 0.3) is 0 Å². The summed E-state index contributed by atoms with van der Waals surface area (Å²) in [7, 11) is 0. The first-order valence-corrected chi connectivity index (χ1v) is 4.34. The van der Waals surface area contributed by atoms with Crippen LogP contribution in [0.3, 0.4) is 0 Å². The van der Waals surface area contributed by atoms with Crippen LogP contribution in [0.2, 0.25) is 5.82 Å². The van der Waals surface area contributed by atoms with E-state index in [1.165, 1.54) is 0 Å². The van der Waals surface area contributed by atoms with Gasteiger partial charge in [0.05, 0.1) is 0 Å². The highest BCUT2D eigenvalue weighted by atomic mass is 19.4. The van der Waals surface area contributed by atoms with Crippen LogP contribution in [0.1, 0.15) is 17.9 Å². The minimum absolute atomic E-state index is 0.263. The third-order valence-electron chi connectivity index (χ3n) is 2.55. The molecule has 0 bridgehead atoms. The molecule has 0 amide bonds.